The Labute approximate surface area is 146 Å². The molecule has 0 radical (unpaired) electrons. The standard InChI is InChI=1S/C20H16N2O2S/c21-25(23,24)18-13-7-5-11-16(18)20-19(14-8-2-1-3-9-14)15-10-4-6-12-17(15)22-20/h1-13,22H,(H2,21,23,24). The van der Waals surface area contributed by atoms with Crippen LogP contribution in [0.4, 0.5) is 0 Å². The van der Waals surface area contributed by atoms with Crippen molar-refractivity contribution in [1.82, 2.24) is 4.98 Å². The number of benzene rings is 3. The summed E-state index contributed by atoms with van der Waals surface area (Å²) in [4.78, 5) is 3.48. The van der Waals surface area contributed by atoms with Crippen molar-refractivity contribution in [2.75, 3.05) is 0 Å². The zero-order valence-corrected chi connectivity index (χ0v) is 14.1. The van der Waals surface area contributed by atoms with Gasteiger partial charge < -0.3 is 4.98 Å². The second kappa shape index (κ2) is 5.88. The van der Waals surface area contributed by atoms with Crippen molar-refractivity contribution in [3.8, 4) is 22.4 Å². The van der Waals surface area contributed by atoms with Gasteiger partial charge in [-0.25, -0.2) is 13.6 Å². The number of H-pyrrole nitrogens is 1. The lowest BCUT2D eigenvalue weighted by atomic mass is 9.98. The van der Waals surface area contributed by atoms with Gasteiger partial charge in [-0.3, -0.25) is 0 Å². The summed E-state index contributed by atoms with van der Waals surface area (Å²) >= 11 is 0. The zero-order valence-electron chi connectivity index (χ0n) is 13.3. The molecule has 3 aromatic carbocycles. The van der Waals surface area contributed by atoms with E-state index in [1.165, 1.54) is 6.07 Å². The summed E-state index contributed by atoms with van der Waals surface area (Å²) in [6, 6.07) is 24.6. The molecule has 0 fully saturated rings. The second-order valence-corrected chi connectivity index (χ2v) is 7.36. The summed E-state index contributed by atoms with van der Waals surface area (Å²) in [7, 11) is -3.84. The highest BCUT2D eigenvalue weighted by Crippen LogP contribution is 2.39. The van der Waals surface area contributed by atoms with Gasteiger partial charge in [0.15, 0.2) is 0 Å². The summed E-state index contributed by atoms with van der Waals surface area (Å²) < 4.78 is 24.1. The monoisotopic (exact) mass is 348 g/mol. The van der Waals surface area contributed by atoms with Crippen LogP contribution < -0.4 is 5.14 Å². The molecule has 0 amide bonds. The molecule has 4 nitrogen and oxygen atoms in total. The minimum absolute atomic E-state index is 0.110. The van der Waals surface area contributed by atoms with E-state index in [9.17, 15) is 8.42 Å². The van der Waals surface area contributed by atoms with Gasteiger partial charge in [-0.2, -0.15) is 0 Å². The largest absolute Gasteiger partial charge is 0.354 e. The van der Waals surface area contributed by atoms with Crippen LogP contribution >= 0.6 is 0 Å². The van der Waals surface area contributed by atoms with E-state index in [4.69, 9.17) is 5.14 Å². The van der Waals surface area contributed by atoms with Crippen molar-refractivity contribution in [3.05, 3.63) is 78.9 Å². The van der Waals surface area contributed by atoms with Crippen molar-refractivity contribution in [2.45, 2.75) is 4.90 Å². The van der Waals surface area contributed by atoms with Crippen LogP contribution in [0.15, 0.2) is 83.8 Å². The number of nitrogens with two attached hydrogens (primary N) is 1. The topological polar surface area (TPSA) is 76.0 Å². The normalized spacial score (nSPS) is 11.7. The average Bonchev–Trinajstić information content (AvgIpc) is 3.01. The third kappa shape index (κ3) is 2.73. The van der Waals surface area contributed by atoms with Gasteiger partial charge in [-0.15, -0.1) is 0 Å². The first kappa shape index (κ1) is 15.6. The maximum Gasteiger partial charge on any atom is 0.238 e. The summed E-state index contributed by atoms with van der Waals surface area (Å²) in [5.74, 6) is 0. The lowest BCUT2D eigenvalue weighted by Crippen LogP contribution is -2.13. The summed E-state index contributed by atoms with van der Waals surface area (Å²) in [5.41, 5.74) is 4.24. The van der Waals surface area contributed by atoms with Gasteiger partial charge in [0.05, 0.1) is 10.6 Å². The van der Waals surface area contributed by atoms with Crippen molar-refractivity contribution in [2.24, 2.45) is 5.14 Å². The molecule has 25 heavy (non-hydrogen) atoms. The maximum absolute atomic E-state index is 12.1. The molecule has 0 saturated carbocycles. The van der Waals surface area contributed by atoms with E-state index < -0.39 is 10.0 Å². The van der Waals surface area contributed by atoms with E-state index in [1.807, 2.05) is 60.7 Å². The Kier molecular flexibility index (Phi) is 3.67. The Morgan fingerprint density at radius 1 is 0.760 bits per heavy atom. The molecular formula is C20H16N2O2S. The maximum atomic E-state index is 12.1. The Hall–Kier alpha value is -2.89. The van der Waals surface area contributed by atoms with Crippen LogP contribution in [0.2, 0.25) is 0 Å². The minimum Gasteiger partial charge on any atom is -0.354 e. The fourth-order valence-corrected chi connectivity index (χ4v) is 3.91. The van der Waals surface area contributed by atoms with Crippen molar-refractivity contribution in [1.29, 1.82) is 0 Å². The molecule has 0 atom stereocenters. The van der Waals surface area contributed by atoms with E-state index in [0.717, 1.165) is 27.7 Å². The molecule has 4 rings (SSSR count). The Balaban J connectivity index is 2.11. The van der Waals surface area contributed by atoms with Crippen molar-refractivity contribution < 1.29 is 8.42 Å². The molecule has 0 aliphatic rings. The van der Waals surface area contributed by atoms with E-state index in [1.54, 1.807) is 12.1 Å². The lowest BCUT2D eigenvalue weighted by molar-refractivity contribution is 0.598. The highest BCUT2D eigenvalue weighted by Gasteiger charge is 2.20. The molecule has 1 aromatic heterocycles. The number of fused-ring (bicyclic) bond motifs is 1. The number of rotatable bonds is 3. The number of nitrogens with one attached hydrogen (secondary N) is 1. The van der Waals surface area contributed by atoms with E-state index in [2.05, 4.69) is 4.98 Å². The van der Waals surface area contributed by atoms with Gasteiger partial charge in [0.1, 0.15) is 0 Å². The molecule has 124 valence electrons. The number of para-hydroxylation sites is 1. The smallest absolute Gasteiger partial charge is 0.238 e. The first-order chi connectivity index (χ1) is 12.1. The number of primary sulfonamides is 1. The van der Waals surface area contributed by atoms with Gasteiger partial charge in [0.2, 0.25) is 10.0 Å². The number of hydrogen-bond acceptors (Lipinski definition) is 2. The zero-order chi connectivity index (χ0) is 17.4. The van der Waals surface area contributed by atoms with Crippen LogP contribution in [-0.4, -0.2) is 13.4 Å². The van der Waals surface area contributed by atoms with Crippen LogP contribution in [0.25, 0.3) is 33.3 Å². The molecule has 5 heteroatoms. The van der Waals surface area contributed by atoms with Crippen LogP contribution in [0.1, 0.15) is 0 Å². The van der Waals surface area contributed by atoms with Crippen LogP contribution in [0.5, 0.6) is 0 Å². The van der Waals surface area contributed by atoms with Gasteiger partial charge >= 0.3 is 0 Å². The molecule has 0 spiro atoms. The fourth-order valence-electron chi connectivity index (χ4n) is 3.17. The van der Waals surface area contributed by atoms with Crippen LogP contribution in [-0.2, 0) is 10.0 Å². The molecule has 0 aliphatic heterocycles. The number of sulfonamides is 1. The minimum atomic E-state index is -3.84. The summed E-state index contributed by atoms with van der Waals surface area (Å²) in [6.07, 6.45) is 0. The predicted molar refractivity (Wildman–Crippen MR) is 101 cm³/mol. The van der Waals surface area contributed by atoms with E-state index >= 15 is 0 Å². The molecule has 4 aromatic rings. The van der Waals surface area contributed by atoms with Gasteiger partial charge in [0, 0.05) is 22.0 Å². The molecular weight excluding hydrogens is 332 g/mol. The second-order valence-electron chi connectivity index (χ2n) is 5.83. The summed E-state index contributed by atoms with van der Waals surface area (Å²) in [5, 5.41) is 6.47. The van der Waals surface area contributed by atoms with Gasteiger partial charge in [0.25, 0.3) is 0 Å². The average molecular weight is 348 g/mol. The van der Waals surface area contributed by atoms with Gasteiger partial charge in [-0.05, 0) is 17.7 Å². The predicted octanol–water partition coefficient (Wildman–Crippen LogP) is 4.15. The van der Waals surface area contributed by atoms with E-state index in [-0.39, 0.29) is 4.90 Å². The SMILES string of the molecule is NS(=O)(=O)c1ccccc1-c1[nH]c2ccccc2c1-c1ccccc1. The molecule has 0 aliphatic carbocycles. The Morgan fingerprint density at radius 2 is 1.40 bits per heavy atom. The van der Waals surface area contributed by atoms with E-state index in [0.29, 0.717) is 5.56 Å². The van der Waals surface area contributed by atoms with Crippen LogP contribution in [0, 0.1) is 0 Å². The number of hydrogen-bond donors (Lipinski definition) is 2. The van der Waals surface area contributed by atoms with Crippen LogP contribution in [0.3, 0.4) is 0 Å². The Bertz CT molecular complexity index is 1160. The highest BCUT2D eigenvalue weighted by molar-refractivity contribution is 7.89. The first-order valence-corrected chi connectivity index (χ1v) is 9.38. The Morgan fingerprint density at radius 3 is 2.16 bits per heavy atom. The lowest BCUT2D eigenvalue weighted by Gasteiger charge is -2.09. The molecule has 0 saturated heterocycles. The molecule has 1 heterocycles. The summed E-state index contributed by atoms with van der Waals surface area (Å²) in [6.45, 7) is 0. The quantitative estimate of drug-likeness (QED) is 0.583. The molecule has 0 unspecified atom stereocenters. The molecule has 0 bridgehead atoms. The third-order valence-electron chi connectivity index (χ3n) is 4.23. The molecule has 3 N–H and O–H groups in total. The number of aromatic amines is 1. The third-order valence-corrected chi connectivity index (χ3v) is 5.20. The highest BCUT2D eigenvalue weighted by atomic mass is 32.2. The van der Waals surface area contributed by atoms with Crippen molar-refractivity contribution in [3.63, 3.8) is 0 Å². The van der Waals surface area contributed by atoms with Crippen molar-refractivity contribution >= 4 is 20.9 Å². The first-order valence-electron chi connectivity index (χ1n) is 7.84. The van der Waals surface area contributed by atoms with Gasteiger partial charge in [-0.1, -0.05) is 66.7 Å². The number of aromatic nitrogens is 1. The fraction of sp³-hybridized carbons (Fsp3) is 0.